The van der Waals surface area contributed by atoms with Gasteiger partial charge in [0.05, 0.1) is 16.4 Å². The Hall–Kier alpha value is -1.68. The number of benzene rings is 1. The Kier molecular flexibility index (Phi) is 2.44. The lowest BCUT2D eigenvalue weighted by molar-refractivity contribution is 0.804. The monoisotopic (exact) mass is 287 g/mol. The van der Waals surface area contributed by atoms with Crippen molar-refractivity contribution in [3.63, 3.8) is 0 Å². The van der Waals surface area contributed by atoms with E-state index in [1.54, 1.807) is 10.8 Å². The molecule has 3 rings (SSSR count). The van der Waals surface area contributed by atoms with E-state index in [1.165, 1.54) is 5.56 Å². The molecule has 0 spiro atoms. The van der Waals surface area contributed by atoms with Gasteiger partial charge in [0.25, 0.3) is 0 Å². The molecule has 0 aliphatic carbocycles. The Labute approximate surface area is 107 Å². The number of halogens is 1. The lowest BCUT2D eigenvalue weighted by Crippen LogP contribution is -1.95. The van der Waals surface area contributed by atoms with Crippen LogP contribution in [0, 0.1) is 6.92 Å². The van der Waals surface area contributed by atoms with Gasteiger partial charge in [-0.05, 0) is 41.1 Å². The van der Waals surface area contributed by atoms with Crippen LogP contribution in [0.25, 0.3) is 16.8 Å². The average molecular weight is 288 g/mol. The van der Waals surface area contributed by atoms with E-state index in [2.05, 4.69) is 51.3 Å². The van der Waals surface area contributed by atoms with Crippen molar-refractivity contribution < 1.29 is 0 Å². The van der Waals surface area contributed by atoms with Gasteiger partial charge in [-0.2, -0.15) is 5.10 Å². The fraction of sp³-hybridized carbons (Fsp3) is 0.0769. The summed E-state index contributed by atoms with van der Waals surface area (Å²) in [4.78, 5) is 0. The highest BCUT2D eigenvalue weighted by Crippen LogP contribution is 2.21. The van der Waals surface area contributed by atoms with E-state index in [-0.39, 0.29) is 0 Å². The molecule has 0 atom stereocenters. The molecule has 0 aliphatic heterocycles. The second-order valence-corrected chi connectivity index (χ2v) is 4.81. The van der Waals surface area contributed by atoms with Crippen molar-refractivity contribution in [2.24, 2.45) is 0 Å². The molecule has 0 N–H and O–H groups in total. The molecule has 0 radical (unpaired) electrons. The third kappa shape index (κ3) is 1.85. The summed E-state index contributed by atoms with van der Waals surface area (Å²) in [6.45, 7) is 2.08. The van der Waals surface area contributed by atoms with E-state index in [0.29, 0.717) is 0 Å². The summed E-state index contributed by atoms with van der Waals surface area (Å²) in [6.07, 6.45) is 1.75. The van der Waals surface area contributed by atoms with Gasteiger partial charge in [-0.3, -0.25) is 0 Å². The van der Waals surface area contributed by atoms with Crippen LogP contribution in [0.3, 0.4) is 0 Å². The van der Waals surface area contributed by atoms with E-state index in [4.69, 9.17) is 0 Å². The van der Waals surface area contributed by atoms with Crippen LogP contribution in [-0.4, -0.2) is 14.8 Å². The van der Waals surface area contributed by atoms with Crippen molar-refractivity contribution in [3.05, 3.63) is 52.6 Å². The molecule has 2 heterocycles. The van der Waals surface area contributed by atoms with Crippen LogP contribution in [0.1, 0.15) is 5.56 Å². The molecule has 84 valence electrons. The molecule has 1 aromatic carbocycles. The van der Waals surface area contributed by atoms with Gasteiger partial charge < -0.3 is 0 Å². The first kappa shape index (κ1) is 10.5. The fourth-order valence-corrected chi connectivity index (χ4v) is 2.19. The summed E-state index contributed by atoms with van der Waals surface area (Å²) in [7, 11) is 0. The minimum atomic E-state index is 0.928. The number of hydrogen-bond acceptors (Lipinski definition) is 2. The first-order valence-electron chi connectivity index (χ1n) is 5.32. The zero-order valence-corrected chi connectivity index (χ0v) is 10.8. The summed E-state index contributed by atoms with van der Waals surface area (Å²) in [6, 6.07) is 12.3. The van der Waals surface area contributed by atoms with Crippen LogP contribution >= 0.6 is 15.9 Å². The van der Waals surface area contributed by atoms with Gasteiger partial charge in [0.15, 0.2) is 0 Å². The van der Waals surface area contributed by atoms with Crippen LogP contribution in [0.4, 0.5) is 0 Å². The van der Waals surface area contributed by atoms with Gasteiger partial charge in [0, 0.05) is 5.56 Å². The molecular formula is C13H10BrN3. The van der Waals surface area contributed by atoms with E-state index in [0.717, 1.165) is 21.2 Å². The van der Waals surface area contributed by atoms with Crippen molar-refractivity contribution >= 4 is 21.4 Å². The van der Waals surface area contributed by atoms with Crippen LogP contribution in [-0.2, 0) is 0 Å². The smallest absolute Gasteiger partial charge is 0.102 e. The Balaban J connectivity index is 2.18. The second-order valence-electron chi connectivity index (χ2n) is 3.96. The van der Waals surface area contributed by atoms with Gasteiger partial charge in [0.2, 0.25) is 0 Å². The Morgan fingerprint density at radius 1 is 1.18 bits per heavy atom. The lowest BCUT2D eigenvalue weighted by atomic mass is 10.1. The predicted molar refractivity (Wildman–Crippen MR) is 70.9 cm³/mol. The SMILES string of the molecule is Cc1cccc(-c2ccc3c(Br)cnn3n2)c1. The highest BCUT2D eigenvalue weighted by molar-refractivity contribution is 9.10. The first-order chi connectivity index (χ1) is 8.24. The maximum atomic E-state index is 4.48. The van der Waals surface area contributed by atoms with Crippen molar-refractivity contribution in [2.45, 2.75) is 6.92 Å². The van der Waals surface area contributed by atoms with E-state index >= 15 is 0 Å². The van der Waals surface area contributed by atoms with Crippen molar-refractivity contribution in [3.8, 4) is 11.3 Å². The number of hydrogen-bond donors (Lipinski definition) is 0. The van der Waals surface area contributed by atoms with Crippen molar-refractivity contribution in [1.82, 2.24) is 14.8 Å². The molecular weight excluding hydrogens is 278 g/mol. The number of aryl methyl sites for hydroxylation is 1. The quantitative estimate of drug-likeness (QED) is 0.686. The predicted octanol–water partition coefficient (Wildman–Crippen LogP) is 3.47. The van der Waals surface area contributed by atoms with Crippen molar-refractivity contribution in [1.29, 1.82) is 0 Å². The van der Waals surface area contributed by atoms with Crippen molar-refractivity contribution in [2.75, 3.05) is 0 Å². The molecule has 17 heavy (non-hydrogen) atoms. The van der Waals surface area contributed by atoms with Gasteiger partial charge in [-0.15, -0.1) is 9.73 Å². The molecule has 0 amide bonds. The molecule has 0 fully saturated rings. The Bertz CT molecular complexity index is 688. The first-order valence-corrected chi connectivity index (χ1v) is 6.11. The Morgan fingerprint density at radius 3 is 2.88 bits per heavy atom. The minimum Gasteiger partial charge on any atom is -0.157 e. The summed E-state index contributed by atoms with van der Waals surface area (Å²) in [5, 5.41) is 8.67. The van der Waals surface area contributed by atoms with E-state index in [9.17, 15) is 0 Å². The lowest BCUT2D eigenvalue weighted by Gasteiger charge is -2.02. The number of fused-ring (bicyclic) bond motifs is 1. The molecule has 4 heteroatoms. The van der Waals surface area contributed by atoms with E-state index in [1.807, 2.05) is 18.2 Å². The molecule has 0 bridgehead atoms. The van der Waals surface area contributed by atoms with Crippen LogP contribution in [0.15, 0.2) is 47.1 Å². The maximum Gasteiger partial charge on any atom is 0.102 e. The molecule has 3 aromatic rings. The average Bonchev–Trinajstić information content (AvgIpc) is 2.71. The topological polar surface area (TPSA) is 30.2 Å². The van der Waals surface area contributed by atoms with E-state index < -0.39 is 0 Å². The van der Waals surface area contributed by atoms with Crippen LogP contribution in [0.2, 0.25) is 0 Å². The number of rotatable bonds is 1. The maximum absolute atomic E-state index is 4.48. The summed E-state index contributed by atoms with van der Waals surface area (Å²) < 4.78 is 2.60. The van der Waals surface area contributed by atoms with Gasteiger partial charge >= 0.3 is 0 Å². The van der Waals surface area contributed by atoms with Crippen LogP contribution in [0.5, 0.6) is 0 Å². The van der Waals surface area contributed by atoms with Gasteiger partial charge in [0.1, 0.15) is 5.52 Å². The molecule has 3 nitrogen and oxygen atoms in total. The summed E-state index contributed by atoms with van der Waals surface area (Å²) in [5.74, 6) is 0. The normalized spacial score (nSPS) is 10.9. The van der Waals surface area contributed by atoms with Crippen LogP contribution < -0.4 is 0 Å². The van der Waals surface area contributed by atoms with Gasteiger partial charge in [-0.25, -0.2) is 0 Å². The number of aromatic nitrogens is 3. The third-order valence-electron chi connectivity index (χ3n) is 2.66. The largest absolute Gasteiger partial charge is 0.157 e. The Morgan fingerprint density at radius 2 is 2.06 bits per heavy atom. The molecule has 0 saturated carbocycles. The highest BCUT2D eigenvalue weighted by Gasteiger charge is 2.04. The minimum absolute atomic E-state index is 0.928. The number of nitrogens with zero attached hydrogens (tertiary/aromatic N) is 3. The summed E-state index contributed by atoms with van der Waals surface area (Å²) in [5.41, 5.74) is 4.24. The fourth-order valence-electron chi connectivity index (χ4n) is 1.81. The zero-order valence-electron chi connectivity index (χ0n) is 9.26. The molecule has 2 aromatic heterocycles. The molecule has 0 saturated heterocycles. The summed E-state index contributed by atoms with van der Waals surface area (Å²) >= 11 is 3.44. The molecule has 0 unspecified atom stereocenters. The third-order valence-corrected chi connectivity index (χ3v) is 3.27. The highest BCUT2D eigenvalue weighted by atomic mass is 79.9. The second kappa shape index (κ2) is 3.96. The standard InChI is InChI=1S/C13H10BrN3/c1-9-3-2-4-10(7-9)12-5-6-13-11(14)8-15-17(13)16-12/h2-8H,1H3. The molecule has 0 aliphatic rings. The zero-order chi connectivity index (χ0) is 11.8. The van der Waals surface area contributed by atoms with Gasteiger partial charge in [-0.1, -0.05) is 23.8 Å².